The first-order valence-corrected chi connectivity index (χ1v) is 11.6. The standard InChI is InChI=1S/C25H29N7O3/c1-3-19-6-4-7-20(16-19)30-25(34)32-14-12-31(13-15-32)23-22(8-5-10-26-23)35-17-21-9-11-27-24(29-21)28-18(2)33/h4-11,16H,3,12-15,17H2,1-2H3,(H,30,34)(H,27,28,29,33). The highest BCUT2D eigenvalue weighted by Crippen LogP contribution is 2.27. The number of urea groups is 1. The Labute approximate surface area is 204 Å². The summed E-state index contributed by atoms with van der Waals surface area (Å²) in [6, 6.07) is 13.2. The number of aromatic nitrogens is 3. The van der Waals surface area contributed by atoms with Gasteiger partial charge < -0.3 is 19.9 Å². The number of pyridine rings is 1. The number of hydrogen-bond donors (Lipinski definition) is 2. The van der Waals surface area contributed by atoms with Gasteiger partial charge in [0.1, 0.15) is 6.61 Å². The Hall–Kier alpha value is -4.21. The van der Waals surface area contributed by atoms with E-state index in [9.17, 15) is 9.59 Å². The molecule has 0 atom stereocenters. The topological polar surface area (TPSA) is 113 Å². The lowest BCUT2D eigenvalue weighted by Gasteiger charge is -2.35. The lowest BCUT2D eigenvalue weighted by atomic mass is 10.1. The lowest BCUT2D eigenvalue weighted by Crippen LogP contribution is -2.50. The second-order valence-corrected chi connectivity index (χ2v) is 8.12. The second kappa shape index (κ2) is 11.3. The third-order valence-electron chi connectivity index (χ3n) is 5.58. The van der Waals surface area contributed by atoms with Crippen molar-refractivity contribution < 1.29 is 14.3 Å². The zero-order valence-electron chi connectivity index (χ0n) is 19.9. The lowest BCUT2D eigenvalue weighted by molar-refractivity contribution is -0.114. The number of amides is 3. The number of benzene rings is 1. The highest BCUT2D eigenvalue weighted by molar-refractivity contribution is 5.89. The minimum absolute atomic E-state index is 0.103. The van der Waals surface area contributed by atoms with E-state index in [4.69, 9.17) is 4.74 Å². The molecule has 1 saturated heterocycles. The Bertz CT molecular complexity index is 1180. The van der Waals surface area contributed by atoms with Gasteiger partial charge in [-0.05, 0) is 42.3 Å². The van der Waals surface area contributed by atoms with Crippen LogP contribution in [-0.4, -0.2) is 58.0 Å². The molecule has 3 amide bonds. The number of nitrogens with one attached hydrogen (secondary N) is 2. The van der Waals surface area contributed by atoms with Crippen molar-refractivity contribution in [3.63, 3.8) is 0 Å². The maximum Gasteiger partial charge on any atom is 0.321 e. The Morgan fingerprint density at radius 2 is 1.83 bits per heavy atom. The van der Waals surface area contributed by atoms with Gasteiger partial charge in [-0.2, -0.15) is 0 Å². The summed E-state index contributed by atoms with van der Waals surface area (Å²) >= 11 is 0. The highest BCUT2D eigenvalue weighted by Gasteiger charge is 2.24. The van der Waals surface area contributed by atoms with E-state index in [1.165, 1.54) is 12.5 Å². The molecule has 1 aromatic carbocycles. The van der Waals surface area contributed by atoms with E-state index in [1.54, 1.807) is 18.5 Å². The molecule has 1 fully saturated rings. The van der Waals surface area contributed by atoms with Gasteiger partial charge in [0, 0.05) is 51.2 Å². The van der Waals surface area contributed by atoms with E-state index in [1.807, 2.05) is 41.3 Å². The summed E-state index contributed by atoms with van der Waals surface area (Å²) < 4.78 is 6.01. The Morgan fingerprint density at radius 3 is 2.60 bits per heavy atom. The number of rotatable bonds is 7. The molecule has 1 aliphatic heterocycles. The van der Waals surface area contributed by atoms with Gasteiger partial charge in [-0.3, -0.25) is 10.1 Å². The molecule has 0 saturated carbocycles. The van der Waals surface area contributed by atoms with Crippen LogP contribution < -0.4 is 20.3 Å². The van der Waals surface area contributed by atoms with E-state index in [0.29, 0.717) is 37.6 Å². The molecule has 182 valence electrons. The molecular weight excluding hydrogens is 446 g/mol. The van der Waals surface area contributed by atoms with Crippen molar-refractivity contribution >= 4 is 29.4 Å². The Morgan fingerprint density at radius 1 is 1.00 bits per heavy atom. The molecule has 0 aliphatic carbocycles. The number of nitrogens with zero attached hydrogens (tertiary/aromatic N) is 5. The minimum atomic E-state index is -0.236. The Kier molecular flexibility index (Phi) is 7.71. The van der Waals surface area contributed by atoms with Crippen molar-refractivity contribution in [3.8, 4) is 5.75 Å². The largest absolute Gasteiger partial charge is 0.483 e. The number of carbonyl (C=O) groups excluding carboxylic acids is 2. The summed E-state index contributed by atoms with van der Waals surface area (Å²) in [4.78, 5) is 40.7. The van der Waals surface area contributed by atoms with Gasteiger partial charge in [-0.25, -0.2) is 19.7 Å². The third-order valence-corrected chi connectivity index (χ3v) is 5.58. The van der Waals surface area contributed by atoms with Crippen LogP contribution in [0.3, 0.4) is 0 Å². The van der Waals surface area contributed by atoms with Crippen LogP contribution in [0.5, 0.6) is 5.75 Å². The molecule has 1 aliphatic rings. The molecule has 3 heterocycles. The van der Waals surface area contributed by atoms with Crippen LogP contribution in [0.4, 0.5) is 22.2 Å². The van der Waals surface area contributed by atoms with E-state index in [2.05, 4.69) is 37.4 Å². The molecule has 2 N–H and O–H groups in total. The highest BCUT2D eigenvalue weighted by atomic mass is 16.5. The van der Waals surface area contributed by atoms with E-state index < -0.39 is 0 Å². The zero-order valence-corrected chi connectivity index (χ0v) is 19.9. The summed E-state index contributed by atoms with van der Waals surface area (Å²) in [6.07, 6.45) is 4.22. The first kappa shape index (κ1) is 23.9. The van der Waals surface area contributed by atoms with E-state index in [0.717, 1.165) is 17.9 Å². The van der Waals surface area contributed by atoms with Crippen LogP contribution >= 0.6 is 0 Å². The van der Waals surface area contributed by atoms with Crippen LogP contribution in [-0.2, 0) is 17.8 Å². The quantitative estimate of drug-likeness (QED) is 0.539. The average molecular weight is 476 g/mol. The molecule has 0 spiro atoms. The molecule has 10 heteroatoms. The molecule has 0 bridgehead atoms. The SMILES string of the molecule is CCc1cccc(NC(=O)N2CCN(c3ncccc3OCc3ccnc(NC(C)=O)n3)CC2)c1. The van der Waals surface area contributed by atoms with Crippen molar-refractivity contribution in [3.05, 3.63) is 66.1 Å². The number of carbonyl (C=O) groups is 2. The van der Waals surface area contributed by atoms with Crippen LogP contribution in [0.1, 0.15) is 25.1 Å². The molecule has 35 heavy (non-hydrogen) atoms. The fourth-order valence-corrected chi connectivity index (χ4v) is 3.77. The maximum absolute atomic E-state index is 12.7. The first-order valence-electron chi connectivity index (χ1n) is 11.6. The number of aryl methyl sites for hydroxylation is 1. The van der Waals surface area contributed by atoms with Crippen molar-refractivity contribution in [2.75, 3.05) is 41.7 Å². The van der Waals surface area contributed by atoms with Crippen molar-refractivity contribution in [1.82, 2.24) is 19.9 Å². The third kappa shape index (κ3) is 6.44. The van der Waals surface area contributed by atoms with Gasteiger partial charge >= 0.3 is 6.03 Å². The second-order valence-electron chi connectivity index (χ2n) is 8.12. The van der Waals surface area contributed by atoms with Crippen LogP contribution in [0, 0.1) is 0 Å². The number of hydrogen-bond acceptors (Lipinski definition) is 7. The number of piperazine rings is 1. The van der Waals surface area contributed by atoms with Gasteiger partial charge in [0.2, 0.25) is 11.9 Å². The molecule has 3 aromatic rings. The molecular formula is C25H29N7O3. The zero-order chi connectivity index (χ0) is 24.6. The monoisotopic (exact) mass is 475 g/mol. The van der Waals surface area contributed by atoms with Crippen molar-refractivity contribution in [2.24, 2.45) is 0 Å². The van der Waals surface area contributed by atoms with Crippen molar-refractivity contribution in [1.29, 1.82) is 0 Å². The molecule has 2 aromatic heterocycles. The number of anilines is 3. The van der Waals surface area contributed by atoms with Gasteiger partial charge in [0.25, 0.3) is 0 Å². The van der Waals surface area contributed by atoms with Crippen molar-refractivity contribution in [2.45, 2.75) is 26.9 Å². The fourth-order valence-electron chi connectivity index (χ4n) is 3.77. The number of ether oxygens (including phenoxy) is 1. The van der Waals surface area contributed by atoms with Gasteiger partial charge in [0.15, 0.2) is 11.6 Å². The predicted molar refractivity (Wildman–Crippen MR) is 134 cm³/mol. The molecule has 4 rings (SSSR count). The van der Waals surface area contributed by atoms with Gasteiger partial charge in [-0.15, -0.1) is 0 Å². The summed E-state index contributed by atoms with van der Waals surface area (Å²) in [6.45, 7) is 6.11. The van der Waals surface area contributed by atoms with E-state index in [-0.39, 0.29) is 24.5 Å². The smallest absolute Gasteiger partial charge is 0.321 e. The van der Waals surface area contributed by atoms with Crippen LogP contribution in [0.2, 0.25) is 0 Å². The molecule has 0 unspecified atom stereocenters. The molecule has 0 radical (unpaired) electrons. The average Bonchev–Trinajstić information content (AvgIpc) is 2.88. The predicted octanol–water partition coefficient (Wildman–Crippen LogP) is 3.33. The van der Waals surface area contributed by atoms with Gasteiger partial charge in [0.05, 0.1) is 5.69 Å². The van der Waals surface area contributed by atoms with Crippen LogP contribution in [0.25, 0.3) is 0 Å². The first-order chi connectivity index (χ1) is 17.0. The van der Waals surface area contributed by atoms with Crippen LogP contribution in [0.15, 0.2) is 54.9 Å². The minimum Gasteiger partial charge on any atom is -0.483 e. The summed E-state index contributed by atoms with van der Waals surface area (Å²) in [5.74, 6) is 1.35. The van der Waals surface area contributed by atoms with E-state index >= 15 is 0 Å². The molecule has 10 nitrogen and oxygen atoms in total. The Balaban J connectivity index is 1.34. The summed E-state index contributed by atoms with van der Waals surface area (Å²) in [5, 5.41) is 5.56. The normalized spacial score (nSPS) is 13.3. The summed E-state index contributed by atoms with van der Waals surface area (Å²) in [5.41, 5.74) is 2.62. The fraction of sp³-hybridized carbons (Fsp3) is 0.320. The maximum atomic E-state index is 12.7. The summed E-state index contributed by atoms with van der Waals surface area (Å²) in [7, 11) is 0. The van der Waals surface area contributed by atoms with Gasteiger partial charge in [-0.1, -0.05) is 19.1 Å².